The van der Waals surface area contributed by atoms with Crippen molar-refractivity contribution in [2.45, 2.75) is 9.74 Å². The quantitative estimate of drug-likeness (QED) is 0.213. The molecule has 10 nitrogen and oxygen atoms in total. The highest BCUT2D eigenvalue weighted by molar-refractivity contribution is 8.04. The SMILES string of the molecule is CNC(SC(NC)(C(=O)O)C(=O)O)(C(=O)O)C(=O)O. The third kappa shape index (κ3) is 2.77. The van der Waals surface area contributed by atoms with Crippen LogP contribution >= 0.6 is 11.8 Å². The number of hydrogen-bond acceptors (Lipinski definition) is 7. The molecule has 0 aromatic heterocycles. The molecule has 0 aliphatic heterocycles. The van der Waals surface area contributed by atoms with E-state index >= 15 is 0 Å². The van der Waals surface area contributed by atoms with E-state index in [1.165, 1.54) is 0 Å². The van der Waals surface area contributed by atoms with Crippen LogP contribution in [0.2, 0.25) is 0 Å². The lowest BCUT2D eigenvalue weighted by molar-refractivity contribution is -0.153. The highest BCUT2D eigenvalue weighted by atomic mass is 32.2. The number of aliphatic carboxylic acids is 4. The van der Waals surface area contributed by atoms with Gasteiger partial charge in [0.05, 0.1) is 0 Å². The third-order valence-electron chi connectivity index (χ3n) is 2.22. The van der Waals surface area contributed by atoms with E-state index in [0.717, 1.165) is 14.1 Å². The second kappa shape index (κ2) is 5.86. The minimum absolute atomic E-state index is 0.303. The summed E-state index contributed by atoms with van der Waals surface area (Å²) >= 11 is -0.303. The van der Waals surface area contributed by atoms with Crippen LogP contribution < -0.4 is 10.6 Å². The van der Waals surface area contributed by atoms with Gasteiger partial charge in [0.15, 0.2) is 0 Å². The number of thioether (sulfide) groups is 1. The summed E-state index contributed by atoms with van der Waals surface area (Å²) in [5, 5.41) is 39.6. The van der Waals surface area contributed by atoms with Crippen molar-refractivity contribution in [3.8, 4) is 0 Å². The van der Waals surface area contributed by atoms with Gasteiger partial charge in [0, 0.05) is 0 Å². The largest absolute Gasteiger partial charge is 0.479 e. The van der Waals surface area contributed by atoms with Crippen molar-refractivity contribution in [1.29, 1.82) is 0 Å². The van der Waals surface area contributed by atoms with Gasteiger partial charge in [-0.15, -0.1) is 0 Å². The van der Waals surface area contributed by atoms with Gasteiger partial charge < -0.3 is 20.4 Å². The summed E-state index contributed by atoms with van der Waals surface area (Å²) < 4.78 is 0. The number of likely N-dealkylation sites (N-methyl/N-ethyl adjacent to an activating group) is 2. The Bertz CT molecular complexity index is 357. The Labute approximate surface area is 110 Å². The molecule has 0 unspecified atom stereocenters. The van der Waals surface area contributed by atoms with Gasteiger partial charge in [0.2, 0.25) is 0 Å². The Hall–Kier alpha value is -1.85. The highest BCUT2D eigenvalue weighted by Gasteiger charge is 2.59. The number of carboxylic acids is 4. The third-order valence-corrected chi connectivity index (χ3v) is 3.93. The molecular formula is C8H12N2O8S. The summed E-state index contributed by atoms with van der Waals surface area (Å²) in [6, 6.07) is 0. The van der Waals surface area contributed by atoms with Gasteiger partial charge in [-0.05, 0) is 14.1 Å². The topological polar surface area (TPSA) is 173 Å². The lowest BCUT2D eigenvalue weighted by Crippen LogP contribution is -2.63. The highest BCUT2D eigenvalue weighted by Crippen LogP contribution is 2.35. The molecule has 0 aliphatic rings. The van der Waals surface area contributed by atoms with Crippen molar-refractivity contribution in [2.75, 3.05) is 14.1 Å². The molecule has 11 heteroatoms. The molecule has 0 atom stereocenters. The molecule has 0 heterocycles. The summed E-state index contributed by atoms with van der Waals surface area (Å²) in [4.78, 5) is 38.6. The first-order valence-electron chi connectivity index (χ1n) is 4.62. The number of carbonyl (C=O) groups is 4. The van der Waals surface area contributed by atoms with Crippen LogP contribution in [0, 0.1) is 0 Å². The van der Waals surface area contributed by atoms with Crippen LogP contribution in [0.5, 0.6) is 0 Å². The Morgan fingerprint density at radius 1 is 0.737 bits per heavy atom. The molecule has 0 aromatic rings. The van der Waals surface area contributed by atoms with E-state index in [1.807, 2.05) is 10.6 Å². The molecule has 0 aromatic carbocycles. The lowest BCUT2D eigenvalue weighted by Gasteiger charge is -2.32. The maximum Gasteiger partial charge on any atom is 0.346 e. The van der Waals surface area contributed by atoms with Crippen LogP contribution in [0.1, 0.15) is 0 Å². The molecule has 0 radical (unpaired) electrons. The average Bonchev–Trinajstić information content (AvgIpc) is 2.29. The van der Waals surface area contributed by atoms with E-state index < -0.39 is 33.6 Å². The Kier molecular flexibility index (Phi) is 5.29. The predicted octanol–water partition coefficient (Wildman–Crippen LogP) is -2.11. The molecule has 0 bridgehead atoms. The summed E-state index contributed by atoms with van der Waals surface area (Å²) in [5.74, 6) is -7.74. The Balaban J connectivity index is 5.91. The van der Waals surface area contributed by atoms with Crippen LogP contribution in [-0.4, -0.2) is 68.1 Å². The van der Waals surface area contributed by atoms with Crippen LogP contribution in [-0.2, 0) is 19.2 Å². The zero-order valence-electron chi connectivity index (χ0n) is 9.83. The molecule has 0 fully saturated rings. The first kappa shape index (κ1) is 17.2. The molecule has 6 N–H and O–H groups in total. The fourth-order valence-corrected chi connectivity index (χ4v) is 2.13. The van der Waals surface area contributed by atoms with Crippen LogP contribution in [0.25, 0.3) is 0 Å². The van der Waals surface area contributed by atoms with Crippen LogP contribution in [0.4, 0.5) is 0 Å². The Morgan fingerprint density at radius 2 is 0.947 bits per heavy atom. The Morgan fingerprint density at radius 3 is 1.05 bits per heavy atom. The van der Waals surface area contributed by atoms with Gasteiger partial charge in [0.25, 0.3) is 9.74 Å². The molecule has 0 amide bonds. The number of carboxylic acid groups (broad SMARTS) is 4. The van der Waals surface area contributed by atoms with Crippen molar-refractivity contribution >= 4 is 35.6 Å². The van der Waals surface area contributed by atoms with E-state index in [2.05, 4.69) is 0 Å². The van der Waals surface area contributed by atoms with Gasteiger partial charge in [-0.3, -0.25) is 10.6 Å². The molecule has 108 valence electrons. The summed E-state index contributed by atoms with van der Waals surface area (Å²) in [6.07, 6.45) is 0. The standard InChI is InChI=1S/C8H12N2O8S/c1-9-7(3(11)12,4(13)14)19-8(10-2,5(15)16)6(17)18/h9-10H,1-2H3,(H,11,12)(H,13,14)(H,15,16)(H,17,18). The molecular weight excluding hydrogens is 284 g/mol. The minimum atomic E-state index is -2.83. The summed E-state index contributed by atoms with van der Waals surface area (Å²) in [6.45, 7) is 0. The predicted molar refractivity (Wildman–Crippen MR) is 61.7 cm³/mol. The number of rotatable bonds is 8. The van der Waals surface area contributed by atoms with E-state index in [4.69, 9.17) is 20.4 Å². The number of hydrogen-bond donors (Lipinski definition) is 6. The smallest absolute Gasteiger partial charge is 0.346 e. The zero-order valence-corrected chi connectivity index (χ0v) is 10.6. The van der Waals surface area contributed by atoms with Gasteiger partial charge in [-0.1, -0.05) is 11.8 Å². The first-order valence-corrected chi connectivity index (χ1v) is 5.44. The van der Waals surface area contributed by atoms with Crippen molar-refractivity contribution in [3.63, 3.8) is 0 Å². The second-order valence-corrected chi connectivity index (χ2v) is 4.61. The molecule has 0 rings (SSSR count). The van der Waals surface area contributed by atoms with Crippen molar-refractivity contribution in [3.05, 3.63) is 0 Å². The molecule has 0 aliphatic carbocycles. The normalized spacial score (nSPS) is 11.9. The van der Waals surface area contributed by atoms with Gasteiger partial charge >= 0.3 is 23.9 Å². The molecule has 0 saturated heterocycles. The maximum atomic E-state index is 11.1. The molecule has 19 heavy (non-hydrogen) atoms. The summed E-state index contributed by atoms with van der Waals surface area (Å²) in [7, 11) is 1.92. The van der Waals surface area contributed by atoms with Gasteiger partial charge in [-0.25, -0.2) is 19.2 Å². The maximum absolute atomic E-state index is 11.1. The average molecular weight is 296 g/mol. The van der Waals surface area contributed by atoms with E-state index in [0.29, 0.717) is 0 Å². The van der Waals surface area contributed by atoms with Crippen molar-refractivity contribution in [1.82, 2.24) is 10.6 Å². The summed E-state index contributed by atoms with van der Waals surface area (Å²) in [5.41, 5.74) is 0. The molecule has 0 saturated carbocycles. The fraction of sp³-hybridized carbons (Fsp3) is 0.500. The van der Waals surface area contributed by atoms with Gasteiger partial charge in [-0.2, -0.15) is 0 Å². The monoisotopic (exact) mass is 296 g/mol. The van der Waals surface area contributed by atoms with E-state index in [9.17, 15) is 19.2 Å². The van der Waals surface area contributed by atoms with Crippen LogP contribution in [0.15, 0.2) is 0 Å². The van der Waals surface area contributed by atoms with Gasteiger partial charge in [0.1, 0.15) is 0 Å². The second-order valence-electron chi connectivity index (χ2n) is 3.19. The van der Waals surface area contributed by atoms with E-state index in [1.54, 1.807) is 0 Å². The first-order chi connectivity index (χ1) is 8.60. The fourth-order valence-electron chi connectivity index (χ4n) is 1.12. The van der Waals surface area contributed by atoms with Crippen molar-refractivity contribution < 1.29 is 39.6 Å². The minimum Gasteiger partial charge on any atom is -0.479 e. The van der Waals surface area contributed by atoms with E-state index in [-0.39, 0.29) is 11.8 Å². The lowest BCUT2D eigenvalue weighted by atomic mass is 10.3. The van der Waals surface area contributed by atoms with Crippen molar-refractivity contribution in [2.24, 2.45) is 0 Å². The molecule has 0 spiro atoms. The van der Waals surface area contributed by atoms with Crippen LogP contribution in [0.3, 0.4) is 0 Å². The number of nitrogens with one attached hydrogen (secondary N) is 2. The zero-order chi connectivity index (χ0) is 15.4.